The van der Waals surface area contributed by atoms with Gasteiger partial charge in [0.05, 0.1) is 0 Å². The molecule has 1 rings (SSSR count). The first kappa shape index (κ1) is 8.01. The Labute approximate surface area is 66.8 Å². The van der Waals surface area contributed by atoms with Gasteiger partial charge >= 0.3 is 0 Å². The lowest BCUT2D eigenvalue weighted by Gasteiger charge is -2.15. The number of rotatable bonds is 2. The number of nitrogens with two attached hydrogens (primary N) is 1. The summed E-state index contributed by atoms with van der Waals surface area (Å²) in [4.78, 5) is 6.02. The summed E-state index contributed by atoms with van der Waals surface area (Å²) in [5.41, 5.74) is 7.74. The third kappa shape index (κ3) is 1.68. The third-order valence-electron chi connectivity index (χ3n) is 1.58. The lowest BCUT2D eigenvalue weighted by atomic mass is 10.2. The van der Waals surface area contributed by atoms with Gasteiger partial charge in [-0.15, -0.1) is 0 Å². The fourth-order valence-corrected chi connectivity index (χ4v) is 1.01. The molecule has 0 aromatic carbocycles. The number of hydrogen-bond donors (Lipinski definition) is 1. The molecule has 0 aliphatic heterocycles. The smallest absolute Gasteiger partial charge is 0.0437 e. The Balaban J connectivity index is 3.02. The highest BCUT2D eigenvalue weighted by atomic mass is 15.1. The summed E-state index contributed by atoms with van der Waals surface area (Å²) < 4.78 is 0. The van der Waals surface area contributed by atoms with Crippen LogP contribution in [-0.2, 0) is 6.54 Å². The fraction of sp³-hybridized carbons (Fsp3) is 0.375. The topological polar surface area (TPSA) is 42.2 Å². The van der Waals surface area contributed by atoms with Gasteiger partial charge in [-0.05, 0) is 6.07 Å². The van der Waals surface area contributed by atoms with Gasteiger partial charge in [0.1, 0.15) is 0 Å². The molecule has 1 aromatic heterocycles. The molecular formula is C8H13N3. The number of pyridine rings is 1. The molecular weight excluding hydrogens is 138 g/mol. The van der Waals surface area contributed by atoms with Gasteiger partial charge in [-0.1, -0.05) is 0 Å². The molecule has 0 saturated heterocycles. The molecule has 0 unspecified atom stereocenters. The number of anilines is 1. The maximum atomic E-state index is 5.52. The summed E-state index contributed by atoms with van der Waals surface area (Å²) in [6, 6.07) is 1.96. The summed E-state index contributed by atoms with van der Waals surface area (Å²) in [7, 11) is 3.99. The quantitative estimate of drug-likeness (QED) is 0.673. The van der Waals surface area contributed by atoms with Crippen LogP contribution in [0, 0.1) is 0 Å². The number of hydrogen-bond acceptors (Lipinski definition) is 3. The number of nitrogens with zero attached hydrogens (tertiary/aromatic N) is 2. The van der Waals surface area contributed by atoms with E-state index < -0.39 is 0 Å². The zero-order chi connectivity index (χ0) is 8.27. The van der Waals surface area contributed by atoms with E-state index in [4.69, 9.17) is 5.73 Å². The predicted molar refractivity (Wildman–Crippen MR) is 46.5 cm³/mol. The maximum absolute atomic E-state index is 5.52. The minimum atomic E-state index is 0.543. The van der Waals surface area contributed by atoms with Crippen LogP contribution in [0.3, 0.4) is 0 Å². The highest BCUT2D eigenvalue weighted by Gasteiger charge is 2.00. The zero-order valence-electron chi connectivity index (χ0n) is 6.91. The van der Waals surface area contributed by atoms with Crippen LogP contribution >= 0.6 is 0 Å². The van der Waals surface area contributed by atoms with Crippen molar-refractivity contribution in [1.29, 1.82) is 0 Å². The van der Waals surface area contributed by atoms with Crippen LogP contribution < -0.4 is 10.6 Å². The van der Waals surface area contributed by atoms with E-state index in [1.165, 1.54) is 0 Å². The highest BCUT2D eigenvalue weighted by molar-refractivity contribution is 5.50. The van der Waals surface area contributed by atoms with Gasteiger partial charge in [0, 0.05) is 44.3 Å². The molecule has 0 fully saturated rings. The summed E-state index contributed by atoms with van der Waals surface area (Å²) in [6.45, 7) is 0.543. The largest absolute Gasteiger partial charge is 0.377 e. The molecule has 0 radical (unpaired) electrons. The maximum Gasteiger partial charge on any atom is 0.0437 e. The SMILES string of the molecule is CN(C)c1ccncc1CN. The van der Waals surface area contributed by atoms with Crippen LogP contribution in [-0.4, -0.2) is 19.1 Å². The molecule has 0 amide bonds. The van der Waals surface area contributed by atoms with Crippen LogP contribution in [0.2, 0.25) is 0 Å². The van der Waals surface area contributed by atoms with Crippen LogP contribution in [0.15, 0.2) is 18.5 Å². The first-order valence-corrected chi connectivity index (χ1v) is 3.56. The lowest BCUT2D eigenvalue weighted by molar-refractivity contribution is 1.01. The average molecular weight is 151 g/mol. The van der Waals surface area contributed by atoms with Gasteiger partial charge in [0.25, 0.3) is 0 Å². The summed E-state index contributed by atoms with van der Waals surface area (Å²) >= 11 is 0. The second kappa shape index (κ2) is 3.34. The molecule has 0 aliphatic rings. The van der Waals surface area contributed by atoms with Crippen LogP contribution in [0.4, 0.5) is 5.69 Å². The molecule has 60 valence electrons. The minimum Gasteiger partial charge on any atom is -0.377 e. The lowest BCUT2D eigenvalue weighted by Crippen LogP contribution is -2.13. The highest BCUT2D eigenvalue weighted by Crippen LogP contribution is 2.14. The molecule has 0 atom stereocenters. The molecule has 11 heavy (non-hydrogen) atoms. The number of aromatic nitrogens is 1. The molecule has 0 bridgehead atoms. The van der Waals surface area contributed by atoms with Crippen molar-refractivity contribution in [3.8, 4) is 0 Å². The van der Waals surface area contributed by atoms with Gasteiger partial charge in [-0.2, -0.15) is 0 Å². The van der Waals surface area contributed by atoms with E-state index in [-0.39, 0.29) is 0 Å². The van der Waals surface area contributed by atoms with E-state index in [1.54, 1.807) is 12.4 Å². The van der Waals surface area contributed by atoms with Crippen molar-refractivity contribution in [3.63, 3.8) is 0 Å². The monoisotopic (exact) mass is 151 g/mol. The van der Waals surface area contributed by atoms with Crippen LogP contribution in [0.5, 0.6) is 0 Å². The van der Waals surface area contributed by atoms with Crippen molar-refractivity contribution in [2.75, 3.05) is 19.0 Å². The van der Waals surface area contributed by atoms with Crippen LogP contribution in [0.25, 0.3) is 0 Å². The van der Waals surface area contributed by atoms with Crippen molar-refractivity contribution in [2.45, 2.75) is 6.54 Å². The molecule has 3 heteroatoms. The van der Waals surface area contributed by atoms with Gasteiger partial charge in [-0.25, -0.2) is 0 Å². The molecule has 0 aliphatic carbocycles. The second-order valence-corrected chi connectivity index (χ2v) is 2.60. The minimum absolute atomic E-state index is 0.543. The van der Waals surface area contributed by atoms with Gasteiger partial charge < -0.3 is 10.6 Å². The zero-order valence-corrected chi connectivity index (χ0v) is 6.91. The van der Waals surface area contributed by atoms with Crippen LogP contribution in [0.1, 0.15) is 5.56 Å². The normalized spacial score (nSPS) is 9.73. The van der Waals surface area contributed by atoms with Crippen molar-refractivity contribution < 1.29 is 0 Å². The summed E-state index contributed by atoms with van der Waals surface area (Å²) in [5.74, 6) is 0. The van der Waals surface area contributed by atoms with Gasteiger partial charge in [0.2, 0.25) is 0 Å². The third-order valence-corrected chi connectivity index (χ3v) is 1.58. The Hall–Kier alpha value is -1.09. The van der Waals surface area contributed by atoms with E-state index in [0.29, 0.717) is 6.54 Å². The molecule has 0 spiro atoms. The van der Waals surface area contributed by atoms with E-state index in [9.17, 15) is 0 Å². The van der Waals surface area contributed by atoms with E-state index in [0.717, 1.165) is 11.3 Å². The Morgan fingerprint density at radius 3 is 2.73 bits per heavy atom. The Bertz CT molecular complexity index is 233. The van der Waals surface area contributed by atoms with E-state index in [2.05, 4.69) is 4.98 Å². The average Bonchev–Trinajstić information content (AvgIpc) is 2.04. The molecule has 1 heterocycles. The summed E-state index contributed by atoms with van der Waals surface area (Å²) in [6.07, 6.45) is 3.57. The molecule has 3 nitrogen and oxygen atoms in total. The van der Waals surface area contributed by atoms with E-state index in [1.807, 2.05) is 25.1 Å². The fourth-order valence-electron chi connectivity index (χ4n) is 1.01. The van der Waals surface area contributed by atoms with E-state index >= 15 is 0 Å². The van der Waals surface area contributed by atoms with Gasteiger partial charge in [0.15, 0.2) is 0 Å². The first-order valence-electron chi connectivity index (χ1n) is 3.56. The molecule has 0 saturated carbocycles. The van der Waals surface area contributed by atoms with Crippen molar-refractivity contribution in [1.82, 2.24) is 4.98 Å². The van der Waals surface area contributed by atoms with Crippen molar-refractivity contribution >= 4 is 5.69 Å². The molecule has 2 N–H and O–H groups in total. The standard InChI is InChI=1S/C8H13N3/c1-11(2)8-3-4-10-6-7(8)5-9/h3-4,6H,5,9H2,1-2H3. The predicted octanol–water partition coefficient (Wildman–Crippen LogP) is 0.606. The summed E-state index contributed by atoms with van der Waals surface area (Å²) in [5, 5.41) is 0. The first-order chi connectivity index (χ1) is 5.25. The Morgan fingerprint density at radius 1 is 1.55 bits per heavy atom. The van der Waals surface area contributed by atoms with Crippen molar-refractivity contribution in [3.05, 3.63) is 24.0 Å². The second-order valence-electron chi connectivity index (χ2n) is 2.60. The Kier molecular flexibility index (Phi) is 2.44. The van der Waals surface area contributed by atoms with Gasteiger partial charge in [-0.3, -0.25) is 4.98 Å². The molecule has 1 aromatic rings. The van der Waals surface area contributed by atoms with Crippen molar-refractivity contribution in [2.24, 2.45) is 5.73 Å². The Morgan fingerprint density at radius 2 is 2.27 bits per heavy atom.